The Bertz CT molecular complexity index is 2680. The summed E-state index contributed by atoms with van der Waals surface area (Å²) in [6.45, 7) is 16.5. The first-order valence-corrected chi connectivity index (χ1v) is 22.6. The van der Waals surface area contributed by atoms with Crippen LogP contribution in [-0.2, 0) is 13.1 Å². The molecule has 10 rings (SSSR count). The fraction of sp³-hybridized carbons (Fsp3) is 0.200. The molecule has 2 aliphatic carbocycles. The van der Waals surface area contributed by atoms with E-state index in [1.54, 1.807) is 0 Å². The Labute approximate surface area is 313 Å². The maximum Gasteiger partial charge on any atom is 0.0722 e. The first kappa shape index (κ1) is 32.3. The number of nitrogens with zero attached hydrogens (tertiary/aromatic N) is 2. The van der Waals surface area contributed by atoms with Crippen LogP contribution >= 0.6 is 0 Å². The van der Waals surface area contributed by atoms with E-state index in [1.165, 1.54) is 99.3 Å². The van der Waals surface area contributed by atoms with E-state index in [2.05, 4.69) is 183 Å². The molecule has 2 atom stereocenters. The van der Waals surface area contributed by atoms with Gasteiger partial charge in [-0.15, -0.1) is 0 Å². The summed E-state index contributed by atoms with van der Waals surface area (Å²) >= 11 is 0. The summed E-state index contributed by atoms with van der Waals surface area (Å²) in [7, 11) is -2.02. The van der Waals surface area contributed by atoms with Crippen LogP contribution in [0, 0.1) is 0 Å². The number of benzene rings is 6. The zero-order valence-corrected chi connectivity index (χ0v) is 32.7. The lowest BCUT2D eigenvalue weighted by Crippen LogP contribution is -2.42. The molecular formula is C50H46N2Si. The van der Waals surface area contributed by atoms with Gasteiger partial charge < -0.3 is 9.13 Å². The van der Waals surface area contributed by atoms with Crippen molar-refractivity contribution in [1.82, 2.24) is 9.13 Å². The van der Waals surface area contributed by atoms with Gasteiger partial charge in [-0.3, -0.25) is 0 Å². The van der Waals surface area contributed by atoms with Crippen LogP contribution in [-0.4, -0.2) is 17.2 Å². The number of rotatable bonds is 6. The number of aryl methyl sites for hydroxylation is 2. The van der Waals surface area contributed by atoms with Crippen molar-refractivity contribution in [2.24, 2.45) is 0 Å². The number of para-hydroxylation sites is 2. The molecule has 2 heterocycles. The van der Waals surface area contributed by atoms with Gasteiger partial charge in [-0.25, -0.2) is 0 Å². The van der Waals surface area contributed by atoms with E-state index in [0.717, 1.165) is 13.1 Å². The summed E-state index contributed by atoms with van der Waals surface area (Å²) < 4.78 is 4.89. The van der Waals surface area contributed by atoms with Gasteiger partial charge in [0.15, 0.2) is 0 Å². The van der Waals surface area contributed by atoms with Crippen molar-refractivity contribution in [3.8, 4) is 22.3 Å². The van der Waals surface area contributed by atoms with Gasteiger partial charge >= 0.3 is 0 Å². The van der Waals surface area contributed by atoms with Crippen LogP contribution in [0.3, 0.4) is 0 Å². The van der Waals surface area contributed by atoms with Gasteiger partial charge in [-0.1, -0.05) is 121 Å². The maximum atomic E-state index is 2.65. The second-order valence-electron chi connectivity index (χ2n) is 16.1. The maximum absolute atomic E-state index is 2.65. The third-order valence-corrected chi connectivity index (χ3v) is 17.4. The number of hydrogen-bond acceptors (Lipinski definition) is 0. The van der Waals surface area contributed by atoms with Gasteiger partial charge in [0.2, 0.25) is 0 Å². The van der Waals surface area contributed by atoms with Crippen LogP contribution in [0.2, 0.25) is 13.1 Å². The molecule has 53 heavy (non-hydrogen) atoms. The number of aromatic nitrogens is 2. The standard InChI is InChI=1S/C50H46N2Si/c1-7-51-45-21-11-9-15-37(45)43-29-33(23-25-47(43)51)35-17-13-19-39-41(35)27-31(3)49(39)53(5,6)50-32(4)28-42-36(18-14-20-40(42)50)34-24-26-48-44(30-34)38-16-10-12-22-46(38)52(48)8-2/h9-30,49-50H,7-8H2,1-6H3. The smallest absolute Gasteiger partial charge is 0.0722 e. The summed E-state index contributed by atoms with van der Waals surface area (Å²) in [5, 5.41) is 5.37. The van der Waals surface area contributed by atoms with E-state index in [-0.39, 0.29) is 0 Å². The van der Waals surface area contributed by atoms with Crippen molar-refractivity contribution in [2.75, 3.05) is 0 Å². The first-order valence-electron chi connectivity index (χ1n) is 19.4. The minimum Gasteiger partial charge on any atom is -0.341 e. The normalized spacial score (nSPS) is 16.9. The molecule has 0 saturated heterocycles. The van der Waals surface area contributed by atoms with Crippen molar-refractivity contribution in [3.05, 3.63) is 155 Å². The minimum absolute atomic E-state index is 0.447. The lowest BCUT2D eigenvalue weighted by molar-refractivity contribution is 0.827. The Morgan fingerprint density at radius 3 is 1.32 bits per heavy atom. The molecule has 0 N–H and O–H groups in total. The molecular weight excluding hydrogens is 657 g/mol. The third-order valence-electron chi connectivity index (χ3n) is 12.8. The SMILES string of the molecule is CCn1c2ccccc2c2cc(-c3cccc4c3C=C(C)C4[Si](C)(C)C3C(C)=Cc4c(-c5ccc6c(c5)c5ccccc5n6CC)cccc43)ccc21. The van der Waals surface area contributed by atoms with Crippen LogP contribution in [0.5, 0.6) is 0 Å². The predicted octanol–water partition coefficient (Wildman–Crippen LogP) is 13.8. The molecule has 3 heteroatoms. The summed E-state index contributed by atoms with van der Waals surface area (Å²) in [4.78, 5) is 0. The van der Waals surface area contributed by atoms with Crippen molar-refractivity contribution < 1.29 is 0 Å². The van der Waals surface area contributed by atoms with Gasteiger partial charge in [0.1, 0.15) is 0 Å². The van der Waals surface area contributed by atoms with E-state index in [4.69, 9.17) is 0 Å². The summed E-state index contributed by atoms with van der Waals surface area (Å²) in [5.74, 6) is 0. The van der Waals surface area contributed by atoms with E-state index in [1.807, 2.05) is 0 Å². The first-order chi connectivity index (χ1) is 25.8. The Hall–Kier alpha value is -5.38. The van der Waals surface area contributed by atoms with Gasteiger partial charge in [-0.05, 0) is 109 Å². The molecule has 0 bridgehead atoms. The van der Waals surface area contributed by atoms with Crippen molar-refractivity contribution in [1.29, 1.82) is 0 Å². The highest BCUT2D eigenvalue weighted by molar-refractivity contribution is 6.81. The molecule has 0 amide bonds. The topological polar surface area (TPSA) is 9.86 Å². The molecule has 0 spiro atoms. The van der Waals surface area contributed by atoms with Gasteiger partial charge in [-0.2, -0.15) is 0 Å². The highest BCUT2D eigenvalue weighted by atomic mass is 28.3. The van der Waals surface area contributed by atoms with Gasteiger partial charge in [0.25, 0.3) is 0 Å². The Balaban J connectivity index is 1.05. The molecule has 0 radical (unpaired) electrons. The zero-order chi connectivity index (χ0) is 36.2. The average Bonchev–Trinajstić information content (AvgIpc) is 3.90. The van der Waals surface area contributed by atoms with Crippen LogP contribution in [0.25, 0.3) is 78.0 Å². The second-order valence-corrected chi connectivity index (χ2v) is 20.9. The molecule has 2 aliphatic rings. The molecule has 0 saturated carbocycles. The van der Waals surface area contributed by atoms with Crippen molar-refractivity contribution in [2.45, 2.75) is 65.0 Å². The Morgan fingerprint density at radius 1 is 0.472 bits per heavy atom. The molecule has 8 aromatic rings. The molecule has 2 unspecified atom stereocenters. The zero-order valence-electron chi connectivity index (χ0n) is 31.7. The molecule has 0 aliphatic heterocycles. The monoisotopic (exact) mass is 702 g/mol. The largest absolute Gasteiger partial charge is 0.341 e. The number of fused-ring (bicyclic) bond motifs is 8. The fourth-order valence-corrected chi connectivity index (χ4v) is 15.8. The third kappa shape index (κ3) is 4.56. The van der Waals surface area contributed by atoms with E-state index in [0.29, 0.717) is 11.1 Å². The van der Waals surface area contributed by atoms with Gasteiger partial charge in [0.05, 0.1) is 8.07 Å². The average molecular weight is 703 g/mol. The highest BCUT2D eigenvalue weighted by Crippen LogP contribution is 2.54. The Morgan fingerprint density at radius 2 is 0.887 bits per heavy atom. The van der Waals surface area contributed by atoms with Crippen LogP contribution in [0.15, 0.2) is 132 Å². The fourth-order valence-electron chi connectivity index (χ4n) is 10.9. The predicted molar refractivity (Wildman–Crippen MR) is 231 cm³/mol. The summed E-state index contributed by atoms with van der Waals surface area (Å²) in [6, 6.07) is 46.2. The van der Waals surface area contributed by atoms with Crippen LogP contribution in [0.4, 0.5) is 0 Å². The number of allylic oxidation sites excluding steroid dienone is 2. The molecule has 0 fully saturated rings. The van der Waals surface area contributed by atoms with E-state index in [9.17, 15) is 0 Å². The quantitative estimate of drug-likeness (QED) is 0.153. The lowest BCUT2D eigenvalue weighted by Gasteiger charge is -2.39. The Kier molecular flexibility index (Phi) is 7.20. The molecule has 6 aromatic carbocycles. The lowest BCUT2D eigenvalue weighted by atomic mass is 9.95. The molecule has 2 aromatic heterocycles. The summed E-state index contributed by atoms with van der Waals surface area (Å²) in [6.07, 6.45) is 5.05. The van der Waals surface area contributed by atoms with Crippen LogP contribution < -0.4 is 0 Å². The van der Waals surface area contributed by atoms with E-state index >= 15 is 0 Å². The second kappa shape index (κ2) is 11.8. The van der Waals surface area contributed by atoms with Crippen LogP contribution in [0.1, 0.15) is 61.0 Å². The minimum atomic E-state index is -2.02. The van der Waals surface area contributed by atoms with Crippen molar-refractivity contribution in [3.63, 3.8) is 0 Å². The summed E-state index contributed by atoms with van der Waals surface area (Å²) in [5.41, 5.74) is 20.4. The van der Waals surface area contributed by atoms with Crippen molar-refractivity contribution >= 4 is 63.8 Å². The molecule has 260 valence electrons. The number of hydrogen-bond donors (Lipinski definition) is 0. The molecule has 2 nitrogen and oxygen atoms in total. The van der Waals surface area contributed by atoms with Gasteiger partial charge in [0, 0.05) is 67.8 Å². The van der Waals surface area contributed by atoms with E-state index < -0.39 is 8.07 Å². The highest BCUT2D eigenvalue weighted by Gasteiger charge is 2.47.